The number of benzene rings is 2. The van der Waals surface area contributed by atoms with Crippen LogP contribution in [0.15, 0.2) is 36.4 Å². The van der Waals surface area contributed by atoms with E-state index in [1.54, 1.807) is 24.3 Å². The summed E-state index contributed by atoms with van der Waals surface area (Å²) in [5, 5.41) is 2.19. The van der Waals surface area contributed by atoms with Crippen molar-refractivity contribution in [3.63, 3.8) is 0 Å². The first-order valence-electron chi connectivity index (χ1n) is 6.89. The van der Waals surface area contributed by atoms with Gasteiger partial charge in [-0.2, -0.15) is 0 Å². The Kier molecular flexibility index (Phi) is 5.46. The number of amides is 1. The molecule has 0 fully saturated rings. The van der Waals surface area contributed by atoms with E-state index in [2.05, 4.69) is 5.32 Å². The van der Waals surface area contributed by atoms with Crippen LogP contribution in [0.2, 0.25) is 0 Å². The maximum absolute atomic E-state index is 13.4. The molecule has 0 radical (unpaired) electrons. The number of nitrogens with one attached hydrogen (secondary N) is 1. The quantitative estimate of drug-likeness (QED) is 0.486. The predicted molar refractivity (Wildman–Crippen MR) is 80.5 cm³/mol. The molecule has 0 aromatic heterocycles. The molecule has 122 valence electrons. The Bertz CT molecular complexity index is 708. The van der Waals surface area contributed by atoms with Gasteiger partial charge in [0, 0.05) is 6.42 Å². The molecular weight excluding hydrogens is 309 g/mol. The third-order valence-electron chi connectivity index (χ3n) is 3.03. The fourth-order valence-electron chi connectivity index (χ4n) is 1.86. The van der Waals surface area contributed by atoms with Crippen molar-refractivity contribution in [2.75, 3.05) is 17.7 Å². The second-order valence-corrected chi connectivity index (χ2v) is 4.76. The van der Waals surface area contributed by atoms with Crippen LogP contribution in [0.25, 0.3) is 0 Å². The number of ether oxygens (including phenoxy) is 1. The Hall–Kier alpha value is -2.70. The molecule has 1 amide bonds. The number of halogens is 3. The lowest BCUT2D eigenvalue weighted by molar-refractivity contribution is -0.116. The third kappa shape index (κ3) is 4.38. The van der Waals surface area contributed by atoms with Gasteiger partial charge >= 0.3 is 0 Å². The van der Waals surface area contributed by atoms with E-state index in [1.807, 2.05) is 0 Å². The van der Waals surface area contributed by atoms with Crippen LogP contribution in [0.5, 0.6) is 5.75 Å². The van der Waals surface area contributed by atoms with Crippen LogP contribution in [0.4, 0.5) is 24.5 Å². The van der Waals surface area contributed by atoms with Crippen molar-refractivity contribution in [1.82, 2.24) is 0 Å². The summed E-state index contributed by atoms with van der Waals surface area (Å²) < 4.78 is 44.6. The summed E-state index contributed by atoms with van der Waals surface area (Å²) in [6.07, 6.45) is 0.386. The highest BCUT2D eigenvalue weighted by molar-refractivity contribution is 5.90. The molecular formula is C16H15F3N2O2. The van der Waals surface area contributed by atoms with Gasteiger partial charge in [0.05, 0.1) is 18.0 Å². The molecule has 0 aliphatic heterocycles. The van der Waals surface area contributed by atoms with Gasteiger partial charge < -0.3 is 15.8 Å². The molecule has 0 saturated heterocycles. The maximum atomic E-state index is 13.4. The molecule has 4 nitrogen and oxygen atoms in total. The lowest BCUT2D eigenvalue weighted by Crippen LogP contribution is -2.14. The summed E-state index contributed by atoms with van der Waals surface area (Å²) in [5.74, 6) is -4.37. The summed E-state index contributed by atoms with van der Waals surface area (Å²) >= 11 is 0. The van der Waals surface area contributed by atoms with Crippen molar-refractivity contribution < 1.29 is 22.7 Å². The molecule has 7 heteroatoms. The topological polar surface area (TPSA) is 64.3 Å². The molecule has 2 aromatic rings. The van der Waals surface area contributed by atoms with Crippen LogP contribution >= 0.6 is 0 Å². The summed E-state index contributed by atoms with van der Waals surface area (Å²) in [7, 11) is 0. The van der Waals surface area contributed by atoms with Gasteiger partial charge in [0.15, 0.2) is 17.5 Å². The molecule has 0 bridgehead atoms. The number of nitrogens with two attached hydrogens (primary N) is 1. The van der Waals surface area contributed by atoms with Gasteiger partial charge in [-0.25, -0.2) is 13.2 Å². The Morgan fingerprint density at radius 3 is 2.57 bits per heavy atom. The number of carbonyl (C=O) groups is 1. The zero-order chi connectivity index (χ0) is 16.8. The van der Waals surface area contributed by atoms with E-state index >= 15 is 0 Å². The zero-order valence-corrected chi connectivity index (χ0v) is 12.1. The van der Waals surface area contributed by atoms with Gasteiger partial charge in [-0.15, -0.1) is 0 Å². The second-order valence-electron chi connectivity index (χ2n) is 4.76. The van der Waals surface area contributed by atoms with Crippen LogP contribution < -0.4 is 15.8 Å². The molecule has 23 heavy (non-hydrogen) atoms. The maximum Gasteiger partial charge on any atom is 0.224 e. The van der Waals surface area contributed by atoms with Crippen LogP contribution in [0.3, 0.4) is 0 Å². The van der Waals surface area contributed by atoms with Crippen LogP contribution in [0, 0.1) is 17.5 Å². The van der Waals surface area contributed by atoms with Gasteiger partial charge in [-0.05, 0) is 30.7 Å². The first-order chi connectivity index (χ1) is 11.0. The molecule has 0 heterocycles. The van der Waals surface area contributed by atoms with Crippen LogP contribution in [-0.2, 0) is 4.79 Å². The number of hydrogen-bond acceptors (Lipinski definition) is 3. The highest BCUT2D eigenvalue weighted by Gasteiger charge is 2.15. The Balaban J connectivity index is 1.80. The first-order valence-corrected chi connectivity index (χ1v) is 6.89. The van der Waals surface area contributed by atoms with Crippen molar-refractivity contribution in [2.45, 2.75) is 12.8 Å². The Morgan fingerprint density at radius 2 is 1.83 bits per heavy atom. The summed E-state index contributed by atoms with van der Waals surface area (Å²) in [6, 6.07) is 8.64. The standard InChI is InChI=1S/C16H15F3N2O2/c17-10-7-8-12(16(19)15(10)18)21-14(22)6-3-9-23-13-5-2-1-4-11(13)20/h1-2,4-5,7-8H,3,6,9,20H2,(H,21,22). The minimum absolute atomic E-state index is 0.0329. The number of para-hydroxylation sites is 2. The van der Waals surface area contributed by atoms with Gasteiger partial charge in [-0.3, -0.25) is 4.79 Å². The van der Waals surface area contributed by atoms with E-state index in [0.717, 1.165) is 12.1 Å². The molecule has 0 unspecified atom stereocenters. The SMILES string of the molecule is Nc1ccccc1OCCCC(=O)Nc1ccc(F)c(F)c1F. The average Bonchev–Trinajstić information content (AvgIpc) is 2.54. The number of anilines is 2. The summed E-state index contributed by atoms with van der Waals surface area (Å²) in [5.41, 5.74) is 5.78. The van der Waals surface area contributed by atoms with Crippen LogP contribution in [-0.4, -0.2) is 12.5 Å². The minimum atomic E-state index is -1.62. The monoisotopic (exact) mass is 324 g/mol. The van der Waals surface area contributed by atoms with E-state index in [0.29, 0.717) is 17.9 Å². The van der Waals surface area contributed by atoms with Crippen molar-refractivity contribution in [3.8, 4) is 5.75 Å². The lowest BCUT2D eigenvalue weighted by Gasteiger charge is -2.09. The molecule has 0 aliphatic rings. The Labute approximate surface area is 131 Å². The predicted octanol–water partition coefficient (Wildman–Crippen LogP) is 3.48. The van der Waals surface area contributed by atoms with Crippen molar-refractivity contribution in [2.24, 2.45) is 0 Å². The molecule has 0 aliphatic carbocycles. The van der Waals surface area contributed by atoms with Gasteiger partial charge in [0.25, 0.3) is 0 Å². The van der Waals surface area contributed by atoms with E-state index in [1.165, 1.54) is 0 Å². The van der Waals surface area contributed by atoms with Crippen molar-refractivity contribution >= 4 is 17.3 Å². The first kappa shape index (κ1) is 16.7. The van der Waals surface area contributed by atoms with Gasteiger partial charge in [0.2, 0.25) is 5.91 Å². The molecule has 0 saturated carbocycles. The molecule has 2 rings (SSSR count). The Morgan fingerprint density at radius 1 is 1.09 bits per heavy atom. The van der Waals surface area contributed by atoms with Crippen molar-refractivity contribution in [1.29, 1.82) is 0 Å². The minimum Gasteiger partial charge on any atom is -0.491 e. The molecule has 0 atom stereocenters. The highest BCUT2D eigenvalue weighted by Crippen LogP contribution is 2.21. The number of rotatable bonds is 6. The van der Waals surface area contributed by atoms with E-state index in [-0.39, 0.29) is 13.0 Å². The number of nitrogen functional groups attached to an aromatic ring is 1. The highest BCUT2D eigenvalue weighted by atomic mass is 19.2. The molecule has 2 aromatic carbocycles. The molecule has 3 N–H and O–H groups in total. The van der Waals surface area contributed by atoms with E-state index < -0.39 is 29.0 Å². The smallest absolute Gasteiger partial charge is 0.224 e. The number of carbonyl (C=O) groups excluding carboxylic acids is 1. The van der Waals surface area contributed by atoms with Gasteiger partial charge in [0.1, 0.15) is 5.75 Å². The lowest BCUT2D eigenvalue weighted by atomic mass is 10.2. The van der Waals surface area contributed by atoms with Gasteiger partial charge in [-0.1, -0.05) is 12.1 Å². The largest absolute Gasteiger partial charge is 0.491 e. The van der Waals surface area contributed by atoms with E-state index in [4.69, 9.17) is 10.5 Å². The summed E-state index contributed by atoms with van der Waals surface area (Å²) in [6.45, 7) is 0.238. The van der Waals surface area contributed by atoms with E-state index in [9.17, 15) is 18.0 Å². The fraction of sp³-hybridized carbons (Fsp3) is 0.188. The zero-order valence-electron chi connectivity index (χ0n) is 12.1. The average molecular weight is 324 g/mol. The number of hydrogen-bond donors (Lipinski definition) is 2. The van der Waals surface area contributed by atoms with Crippen molar-refractivity contribution in [3.05, 3.63) is 53.8 Å². The normalized spacial score (nSPS) is 10.4. The second kappa shape index (κ2) is 7.53. The third-order valence-corrected chi connectivity index (χ3v) is 3.03. The van der Waals surface area contributed by atoms with Crippen LogP contribution in [0.1, 0.15) is 12.8 Å². The molecule has 0 spiro atoms. The fourth-order valence-corrected chi connectivity index (χ4v) is 1.86. The summed E-state index contributed by atoms with van der Waals surface area (Å²) in [4.78, 5) is 11.7.